The Bertz CT molecular complexity index is 891. The molecule has 2 atom stereocenters. The van der Waals surface area contributed by atoms with Crippen LogP contribution in [0.4, 0.5) is 0 Å². The molecule has 3 heterocycles. The molecule has 0 amide bonds. The molecule has 0 unspecified atom stereocenters. The minimum atomic E-state index is 0.0165. The highest BCUT2D eigenvalue weighted by atomic mass is 79.9. The highest BCUT2D eigenvalue weighted by Crippen LogP contribution is 2.38. The van der Waals surface area contributed by atoms with Gasteiger partial charge in [-0.2, -0.15) is 0 Å². The average Bonchev–Trinajstić information content (AvgIpc) is 3.22. The standard InChI is InChI=1S/C19H17BrN4S/c1-23-18(17(22-19(23)25)15-5-2-3-11-21-15)16-6-4-12-24(16)14-9-7-13(20)8-10-14/h2-12,17-18H,1H3,(H,22,25)/t17-,18+/m0/s1. The van der Waals surface area contributed by atoms with Gasteiger partial charge in [0.25, 0.3) is 0 Å². The first-order chi connectivity index (χ1) is 12.1. The number of pyridine rings is 1. The summed E-state index contributed by atoms with van der Waals surface area (Å²) in [6.45, 7) is 0. The van der Waals surface area contributed by atoms with Crippen molar-refractivity contribution in [1.82, 2.24) is 19.8 Å². The van der Waals surface area contributed by atoms with Crippen LogP contribution in [0.3, 0.4) is 0 Å². The number of thiocarbonyl (C=S) groups is 1. The highest BCUT2D eigenvalue weighted by molar-refractivity contribution is 9.10. The Kier molecular flexibility index (Phi) is 4.31. The van der Waals surface area contributed by atoms with Crippen LogP contribution in [0.5, 0.6) is 0 Å². The number of hydrogen-bond acceptors (Lipinski definition) is 2. The van der Waals surface area contributed by atoms with Gasteiger partial charge in [-0.05, 0) is 60.7 Å². The molecule has 0 spiro atoms. The maximum absolute atomic E-state index is 5.52. The molecule has 126 valence electrons. The lowest BCUT2D eigenvalue weighted by atomic mass is 10.0. The van der Waals surface area contributed by atoms with E-state index in [1.54, 1.807) is 0 Å². The molecule has 1 aliphatic heterocycles. The molecule has 1 fully saturated rings. The van der Waals surface area contributed by atoms with Crippen LogP contribution in [0.15, 0.2) is 71.5 Å². The van der Waals surface area contributed by atoms with Gasteiger partial charge >= 0.3 is 0 Å². The molecule has 4 nitrogen and oxygen atoms in total. The molecule has 0 bridgehead atoms. The summed E-state index contributed by atoms with van der Waals surface area (Å²) in [6.07, 6.45) is 3.91. The van der Waals surface area contributed by atoms with Crippen LogP contribution in [-0.2, 0) is 0 Å². The highest BCUT2D eigenvalue weighted by Gasteiger charge is 2.39. The molecular formula is C19H17BrN4S. The van der Waals surface area contributed by atoms with Gasteiger partial charge in [0.2, 0.25) is 0 Å². The van der Waals surface area contributed by atoms with E-state index in [2.05, 4.69) is 78.3 Å². The first-order valence-corrected chi connectivity index (χ1v) is 9.23. The first-order valence-electron chi connectivity index (χ1n) is 8.02. The lowest BCUT2D eigenvalue weighted by Crippen LogP contribution is -2.25. The fourth-order valence-electron chi connectivity index (χ4n) is 3.30. The zero-order chi connectivity index (χ0) is 17.4. The van der Waals surface area contributed by atoms with Crippen LogP contribution in [0, 0.1) is 0 Å². The number of aromatic nitrogens is 2. The Hall–Kier alpha value is -2.18. The van der Waals surface area contributed by atoms with Crippen LogP contribution in [0.25, 0.3) is 5.69 Å². The zero-order valence-electron chi connectivity index (χ0n) is 13.6. The zero-order valence-corrected chi connectivity index (χ0v) is 16.0. The summed E-state index contributed by atoms with van der Waals surface area (Å²) in [7, 11) is 2.03. The third-order valence-electron chi connectivity index (χ3n) is 4.53. The Morgan fingerprint density at radius 3 is 2.60 bits per heavy atom. The molecule has 2 aromatic heterocycles. The fourth-order valence-corrected chi connectivity index (χ4v) is 3.81. The molecular weight excluding hydrogens is 396 g/mol. The van der Waals surface area contributed by atoms with E-state index in [9.17, 15) is 0 Å². The topological polar surface area (TPSA) is 33.1 Å². The van der Waals surface area contributed by atoms with E-state index in [1.165, 1.54) is 5.69 Å². The SMILES string of the molecule is CN1C(=S)N[C@@H](c2ccccn2)[C@H]1c1cccn1-c1ccc(Br)cc1. The average molecular weight is 413 g/mol. The lowest BCUT2D eigenvalue weighted by molar-refractivity contribution is 0.357. The summed E-state index contributed by atoms with van der Waals surface area (Å²) < 4.78 is 3.27. The van der Waals surface area contributed by atoms with Crippen molar-refractivity contribution in [2.24, 2.45) is 0 Å². The van der Waals surface area contributed by atoms with Crippen LogP contribution < -0.4 is 5.32 Å². The Morgan fingerprint density at radius 1 is 1.08 bits per heavy atom. The second kappa shape index (κ2) is 6.61. The molecule has 6 heteroatoms. The quantitative estimate of drug-likeness (QED) is 0.652. The second-order valence-electron chi connectivity index (χ2n) is 6.02. The van der Waals surface area contributed by atoms with Gasteiger partial charge in [0, 0.05) is 35.3 Å². The van der Waals surface area contributed by atoms with Crippen molar-refractivity contribution in [3.63, 3.8) is 0 Å². The largest absolute Gasteiger partial charge is 0.352 e. The molecule has 1 saturated heterocycles. The van der Waals surface area contributed by atoms with Crippen molar-refractivity contribution in [2.45, 2.75) is 12.1 Å². The van der Waals surface area contributed by atoms with Crippen molar-refractivity contribution in [1.29, 1.82) is 0 Å². The number of rotatable bonds is 3. The number of halogens is 1. The van der Waals surface area contributed by atoms with E-state index < -0.39 is 0 Å². The first kappa shape index (κ1) is 16.3. The van der Waals surface area contributed by atoms with Gasteiger partial charge in [0.05, 0.1) is 17.8 Å². The van der Waals surface area contributed by atoms with E-state index in [1.807, 2.05) is 31.4 Å². The van der Waals surface area contributed by atoms with Crippen LogP contribution in [0.2, 0.25) is 0 Å². The number of hydrogen-bond donors (Lipinski definition) is 1. The van der Waals surface area contributed by atoms with Crippen molar-refractivity contribution in [3.8, 4) is 5.69 Å². The third-order valence-corrected chi connectivity index (χ3v) is 5.46. The van der Waals surface area contributed by atoms with Gasteiger partial charge in [-0.25, -0.2) is 0 Å². The van der Waals surface area contributed by atoms with Gasteiger partial charge in [-0.1, -0.05) is 22.0 Å². The van der Waals surface area contributed by atoms with Crippen molar-refractivity contribution >= 4 is 33.3 Å². The molecule has 3 aromatic rings. The van der Waals surface area contributed by atoms with Crippen LogP contribution >= 0.6 is 28.1 Å². The predicted molar refractivity (Wildman–Crippen MR) is 107 cm³/mol. The number of nitrogens with one attached hydrogen (secondary N) is 1. The third kappa shape index (κ3) is 2.96. The summed E-state index contributed by atoms with van der Waals surface area (Å²) in [5.41, 5.74) is 3.28. The Morgan fingerprint density at radius 2 is 1.88 bits per heavy atom. The number of nitrogens with zero attached hydrogens (tertiary/aromatic N) is 3. The lowest BCUT2D eigenvalue weighted by Gasteiger charge is -2.25. The van der Waals surface area contributed by atoms with Gasteiger partial charge < -0.3 is 14.8 Å². The smallest absolute Gasteiger partial charge is 0.169 e. The minimum absolute atomic E-state index is 0.0165. The van der Waals surface area contributed by atoms with Gasteiger partial charge in [-0.3, -0.25) is 4.98 Å². The molecule has 1 N–H and O–H groups in total. The second-order valence-corrected chi connectivity index (χ2v) is 7.32. The molecule has 1 aliphatic rings. The van der Waals surface area contributed by atoms with Crippen molar-refractivity contribution < 1.29 is 0 Å². The molecule has 4 rings (SSSR count). The summed E-state index contributed by atoms with van der Waals surface area (Å²) in [4.78, 5) is 6.65. The minimum Gasteiger partial charge on any atom is -0.352 e. The van der Waals surface area contributed by atoms with Crippen LogP contribution in [0.1, 0.15) is 23.5 Å². The van der Waals surface area contributed by atoms with Gasteiger partial charge in [-0.15, -0.1) is 0 Å². The van der Waals surface area contributed by atoms with E-state index in [0.717, 1.165) is 21.0 Å². The van der Waals surface area contributed by atoms with E-state index >= 15 is 0 Å². The van der Waals surface area contributed by atoms with Crippen molar-refractivity contribution in [3.05, 3.63) is 82.9 Å². The summed E-state index contributed by atoms with van der Waals surface area (Å²) >= 11 is 9.02. The van der Waals surface area contributed by atoms with E-state index in [4.69, 9.17) is 12.2 Å². The monoisotopic (exact) mass is 412 g/mol. The molecule has 0 saturated carbocycles. The van der Waals surface area contributed by atoms with E-state index in [-0.39, 0.29) is 12.1 Å². The fraction of sp³-hybridized carbons (Fsp3) is 0.158. The predicted octanol–water partition coefficient (Wildman–Crippen LogP) is 4.24. The van der Waals surface area contributed by atoms with Gasteiger partial charge in [0.15, 0.2) is 5.11 Å². The van der Waals surface area contributed by atoms with Crippen LogP contribution in [-0.4, -0.2) is 26.6 Å². The molecule has 1 aromatic carbocycles. The summed E-state index contributed by atoms with van der Waals surface area (Å²) in [6, 6.07) is 18.6. The molecule has 25 heavy (non-hydrogen) atoms. The molecule has 0 aliphatic carbocycles. The Balaban J connectivity index is 1.78. The van der Waals surface area contributed by atoms with E-state index in [0.29, 0.717) is 0 Å². The molecule has 0 radical (unpaired) electrons. The Labute approximate surface area is 160 Å². The summed E-state index contributed by atoms with van der Waals surface area (Å²) in [5, 5.41) is 4.16. The number of likely N-dealkylation sites (N-methyl/N-ethyl adjacent to an activating group) is 1. The maximum Gasteiger partial charge on any atom is 0.169 e. The summed E-state index contributed by atoms with van der Waals surface area (Å²) in [5.74, 6) is 0. The maximum atomic E-state index is 5.52. The number of benzene rings is 1. The normalized spacial score (nSPS) is 19.9. The van der Waals surface area contributed by atoms with Gasteiger partial charge in [0.1, 0.15) is 0 Å². The van der Waals surface area contributed by atoms with Crippen molar-refractivity contribution in [2.75, 3.05) is 7.05 Å².